The number of esters is 1. The fourth-order valence-electron chi connectivity index (χ4n) is 0.983. The average Bonchev–Trinajstić information content (AvgIpc) is 2.27. The number of aliphatic hydroxyl groups is 1. The first-order chi connectivity index (χ1) is 7.26. The van der Waals surface area contributed by atoms with Gasteiger partial charge in [-0.15, -0.1) is 0 Å². The third-order valence-corrected chi connectivity index (χ3v) is 1.71. The van der Waals surface area contributed by atoms with Gasteiger partial charge in [-0.1, -0.05) is 6.07 Å². The molecule has 0 spiro atoms. The van der Waals surface area contributed by atoms with Gasteiger partial charge in [0.1, 0.15) is 0 Å². The molecule has 0 saturated carbocycles. The zero-order valence-corrected chi connectivity index (χ0v) is 8.51. The van der Waals surface area contributed by atoms with Crippen LogP contribution in [0.5, 0.6) is 0 Å². The van der Waals surface area contributed by atoms with Crippen LogP contribution in [0.1, 0.15) is 18.2 Å². The fourth-order valence-corrected chi connectivity index (χ4v) is 0.983. The molecule has 0 aliphatic rings. The van der Waals surface area contributed by atoms with Gasteiger partial charge in [0.2, 0.25) is 0 Å². The minimum Gasteiger partial charge on any atom is -0.463 e. The van der Waals surface area contributed by atoms with Gasteiger partial charge in [0.15, 0.2) is 0 Å². The molecule has 4 nitrogen and oxygen atoms in total. The molecule has 0 radical (unpaired) electrons. The zero-order chi connectivity index (χ0) is 11.1. The van der Waals surface area contributed by atoms with Crippen LogP contribution in [0.2, 0.25) is 0 Å². The Labute approximate surface area is 88.2 Å². The quantitative estimate of drug-likeness (QED) is 0.594. The zero-order valence-electron chi connectivity index (χ0n) is 8.51. The SMILES string of the molecule is CCOC(=O)/C=C/c1ccc(CO)nc1. The smallest absolute Gasteiger partial charge is 0.330 e. The molecular weight excluding hydrogens is 194 g/mol. The summed E-state index contributed by atoms with van der Waals surface area (Å²) in [7, 11) is 0. The number of pyridine rings is 1. The maximum absolute atomic E-state index is 11.0. The Hall–Kier alpha value is -1.68. The van der Waals surface area contributed by atoms with Crippen molar-refractivity contribution in [3.05, 3.63) is 35.7 Å². The van der Waals surface area contributed by atoms with Gasteiger partial charge in [-0.05, 0) is 24.6 Å². The molecule has 0 amide bonds. The highest BCUT2D eigenvalue weighted by Crippen LogP contribution is 2.02. The van der Waals surface area contributed by atoms with Crippen molar-refractivity contribution in [1.29, 1.82) is 0 Å². The first-order valence-corrected chi connectivity index (χ1v) is 4.67. The number of hydrogen-bond donors (Lipinski definition) is 1. The predicted octanol–water partition coefficient (Wildman–Crippen LogP) is 1.15. The van der Waals surface area contributed by atoms with Crippen molar-refractivity contribution < 1.29 is 14.6 Å². The number of ether oxygens (including phenoxy) is 1. The largest absolute Gasteiger partial charge is 0.463 e. The van der Waals surface area contributed by atoms with Gasteiger partial charge in [-0.2, -0.15) is 0 Å². The Morgan fingerprint density at radius 1 is 1.60 bits per heavy atom. The first-order valence-electron chi connectivity index (χ1n) is 4.67. The standard InChI is InChI=1S/C11H13NO3/c1-2-15-11(14)6-4-9-3-5-10(8-13)12-7-9/h3-7,13H,2,8H2,1H3/b6-4+. The molecule has 15 heavy (non-hydrogen) atoms. The Bertz CT molecular complexity index is 343. The van der Waals surface area contributed by atoms with Gasteiger partial charge < -0.3 is 9.84 Å². The third kappa shape index (κ3) is 3.91. The molecule has 1 rings (SSSR count). The molecule has 0 aliphatic carbocycles. The maximum Gasteiger partial charge on any atom is 0.330 e. The van der Waals surface area contributed by atoms with E-state index in [1.807, 2.05) is 0 Å². The summed E-state index contributed by atoms with van der Waals surface area (Å²) in [5.41, 5.74) is 1.39. The minimum absolute atomic E-state index is 0.0815. The molecule has 0 atom stereocenters. The van der Waals surface area contributed by atoms with E-state index in [2.05, 4.69) is 4.98 Å². The number of aromatic nitrogens is 1. The molecular formula is C11H13NO3. The summed E-state index contributed by atoms with van der Waals surface area (Å²) in [6.07, 6.45) is 4.55. The van der Waals surface area contributed by atoms with Crippen molar-refractivity contribution in [2.24, 2.45) is 0 Å². The highest BCUT2D eigenvalue weighted by Gasteiger charge is 1.95. The van der Waals surface area contributed by atoms with Gasteiger partial charge >= 0.3 is 5.97 Å². The number of rotatable bonds is 4. The highest BCUT2D eigenvalue weighted by molar-refractivity contribution is 5.86. The van der Waals surface area contributed by atoms with Crippen LogP contribution in [-0.2, 0) is 16.1 Å². The lowest BCUT2D eigenvalue weighted by Crippen LogP contribution is -1.98. The van der Waals surface area contributed by atoms with Crippen LogP contribution >= 0.6 is 0 Å². The number of carbonyl (C=O) groups is 1. The number of carbonyl (C=O) groups excluding carboxylic acids is 1. The van der Waals surface area contributed by atoms with Crippen molar-refractivity contribution in [2.75, 3.05) is 6.61 Å². The van der Waals surface area contributed by atoms with Crippen LogP contribution < -0.4 is 0 Å². The molecule has 0 bridgehead atoms. The summed E-state index contributed by atoms with van der Waals surface area (Å²) in [5, 5.41) is 8.76. The summed E-state index contributed by atoms with van der Waals surface area (Å²) in [5.74, 6) is -0.372. The van der Waals surface area contributed by atoms with Crippen molar-refractivity contribution in [3.63, 3.8) is 0 Å². The number of nitrogens with zero attached hydrogens (tertiary/aromatic N) is 1. The highest BCUT2D eigenvalue weighted by atomic mass is 16.5. The van der Waals surface area contributed by atoms with E-state index in [1.54, 1.807) is 31.3 Å². The van der Waals surface area contributed by atoms with Crippen molar-refractivity contribution in [3.8, 4) is 0 Å². The summed E-state index contributed by atoms with van der Waals surface area (Å²) >= 11 is 0. The van der Waals surface area contributed by atoms with Crippen LogP contribution in [0.25, 0.3) is 6.08 Å². The van der Waals surface area contributed by atoms with E-state index in [0.717, 1.165) is 5.56 Å². The summed E-state index contributed by atoms with van der Waals surface area (Å²) in [6, 6.07) is 3.47. The Morgan fingerprint density at radius 2 is 2.40 bits per heavy atom. The van der Waals surface area contributed by atoms with E-state index >= 15 is 0 Å². The lowest BCUT2D eigenvalue weighted by molar-refractivity contribution is -0.137. The molecule has 1 aromatic heterocycles. The van der Waals surface area contributed by atoms with Crippen molar-refractivity contribution >= 4 is 12.0 Å². The van der Waals surface area contributed by atoms with Gasteiger partial charge in [0, 0.05) is 12.3 Å². The van der Waals surface area contributed by atoms with Crippen LogP contribution in [0, 0.1) is 0 Å². The number of aliphatic hydroxyl groups excluding tert-OH is 1. The van der Waals surface area contributed by atoms with E-state index in [1.165, 1.54) is 6.08 Å². The topological polar surface area (TPSA) is 59.4 Å². The summed E-state index contributed by atoms with van der Waals surface area (Å²) in [6.45, 7) is 2.04. The van der Waals surface area contributed by atoms with Crippen LogP contribution in [0.4, 0.5) is 0 Å². The summed E-state index contributed by atoms with van der Waals surface area (Å²) < 4.78 is 4.72. The predicted molar refractivity (Wildman–Crippen MR) is 55.8 cm³/mol. The van der Waals surface area contributed by atoms with Crippen LogP contribution in [0.15, 0.2) is 24.4 Å². The second-order valence-corrected chi connectivity index (χ2v) is 2.83. The maximum atomic E-state index is 11.0. The molecule has 1 N–H and O–H groups in total. The Balaban J connectivity index is 2.60. The van der Waals surface area contributed by atoms with Gasteiger partial charge in [0.05, 0.1) is 18.9 Å². The normalized spacial score (nSPS) is 10.5. The van der Waals surface area contributed by atoms with Gasteiger partial charge in [-0.25, -0.2) is 4.79 Å². The van der Waals surface area contributed by atoms with Gasteiger partial charge in [0.25, 0.3) is 0 Å². The minimum atomic E-state index is -0.372. The van der Waals surface area contributed by atoms with Crippen LogP contribution in [0.3, 0.4) is 0 Å². The first kappa shape index (κ1) is 11.4. The average molecular weight is 207 g/mol. The van der Waals surface area contributed by atoms with Crippen molar-refractivity contribution in [1.82, 2.24) is 4.98 Å². The van der Waals surface area contributed by atoms with E-state index in [4.69, 9.17) is 9.84 Å². The van der Waals surface area contributed by atoms with E-state index < -0.39 is 0 Å². The monoisotopic (exact) mass is 207 g/mol. The van der Waals surface area contributed by atoms with E-state index in [0.29, 0.717) is 12.3 Å². The Morgan fingerprint density at radius 3 is 2.93 bits per heavy atom. The van der Waals surface area contributed by atoms with E-state index in [9.17, 15) is 4.79 Å². The second kappa shape index (κ2) is 5.93. The fraction of sp³-hybridized carbons (Fsp3) is 0.273. The van der Waals surface area contributed by atoms with Crippen LogP contribution in [-0.4, -0.2) is 22.7 Å². The molecule has 0 aliphatic heterocycles. The number of hydrogen-bond acceptors (Lipinski definition) is 4. The van der Waals surface area contributed by atoms with Crippen molar-refractivity contribution in [2.45, 2.75) is 13.5 Å². The molecule has 80 valence electrons. The molecule has 0 fully saturated rings. The third-order valence-electron chi connectivity index (χ3n) is 1.71. The Kier molecular flexibility index (Phi) is 4.50. The molecule has 1 heterocycles. The van der Waals surface area contributed by atoms with E-state index in [-0.39, 0.29) is 12.6 Å². The lowest BCUT2D eigenvalue weighted by Gasteiger charge is -1.96. The molecule has 0 aromatic carbocycles. The molecule has 0 saturated heterocycles. The second-order valence-electron chi connectivity index (χ2n) is 2.83. The molecule has 1 aromatic rings. The molecule has 4 heteroatoms. The molecule has 0 unspecified atom stereocenters. The summed E-state index contributed by atoms with van der Waals surface area (Å²) in [4.78, 5) is 14.9. The van der Waals surface area contributed by atoms with Gasteiger partial charge in [-0.3, -0.25) is 4.98 Å². The lowest BCUT2D eigenvalue weighted by atomic mass is 10.2.